The first-order chi connectivity index (χ1) is 8.00. The lowest BCUT2D eigenvalue weighted by Crippen LogP contribution is -2.30. The van der Waals surface area contributed by atoms with Gasteiger partial charge in [0.05, 0.1) is 5.56 Å². The Morgan fingerprint density at radius 3 is 2.06 bits per heavy atom. The van der Waals surface area contributed by atoms with Gasteiger partial charge in [-0.25, -0.2) is 0 Å². The van der Waals surface area contributed by atoms with Gasteiger partial charge in [-0.05, 0) is 18.2 Å². The molecule has 3 nitrogen and oxygen atoms in total. The van der Waals surface area contributed by atoms with Gasteiger partial charge in [0, 0.05) is 11.4 Å². The summed E-state index contributed by atoms with van der Waals surface area (Å²) in [6, 6.07) is 1.70. The van der Waals surface area contributed by atoms with Crippen LogP contribution in [-0.4, -0.2) is 12.1 Å². The molecule has 0 fully saturated rings. The highest BCUT2D eigenvalue weighted by atomic mass is 19.4. The van der Waals surface area contributed by atoms with E-state index in [1.165, 1.54) is 5.32 Å². The molecule has 0 aliphatic carbocycles. The molecular weight excluding hydrogens is 266 g/mol. The number of anilines is 2. The average molecular weight is 272 g/mol. The number of carbonyl (C=O) groups is 1. The summed E-state index contributed by atoms with van der Waals surface area (Å²) in [5, 5.41) is 1.29. The smallest absolute Gasteiger partial charge is 0.399 e. The molecule has 18 heavy (non-hydrogen) atoms. The van der Waals surface area contributed by atoms with Gasteiger partial charge in [-0.3, -0.25) is 4.79 Å². The van der Waals surface area contributed by atoms with Crippen molar-refractivity contribution in [3.8, 4) is 0 Å². The van der Waals surface area contributed by atoms with Gasteiger partial charge in [-0.1, -0.05) is 0 Å². The van der Waals surface area contributed by atoms with Crippen molar-refractivity contribution in [2.45, 2.75) is 12.4 Å². The van der Waals surface area contributed by atoms with Crippen LogP contribution in [-0.2, 0) is 11.0 Å². The molecule has 1 aromatic carbocycles. The molecule has 3 N–H and O–H groups in total. The van der Waals surface area contributed by atoms with Crippen LogP contribution in [0.2, 0.25) is 0 Å². The van der Waals surface area contributed by atoms with Crippen LogP contribution in [0.3, 0.4) is 0 Å². The van der Waals surface area contributed by atoms with Crippen molar-refractivity contribution >= 4 is 17.3 Å². The molecule has 0 heterocycles. The summed E-state index contributed by atoms with van der Waals surface area (Å²) in [7, 11) is 0. The van der Waals surface area contributed by atoms with Gasteiger partial charge in [0.25, 0.3) is 0 Å². The van der Waals surface area contributed by atoms with Gasteiger partial charge in [-0.2, -0.15) is 26.3 Å². The summed E-state index contributed by atoms with van der Waals surface area (Å²) in [5.74, 6) is -2.37. The summed E-state index contributed by atoms with van der Waals surface area (Å²) in [5.41, 5.74) is 2.77. The van der Waals surface area contributed by atoms with Gasteiger partial charge < -0.3 is 11.1 Å². The number of amides is 1. The zero-order chi connectivity index (χ0) is 14.1. The van der Waals surface area contributed by atoms with Crippen molar-refractivity contribution in [3.63, 3.8) is 0 Å². The van der Waals surface area contributed by atoms with Crippen molar-refractivity contribution in [2.24, 2.45) is 0 Å². The van der Waals surface area contributed by atoms with E-state index in [0.717, 1.165) is 6.07 Å². The van der Waals surface area contributed by atoms with Crippen molar-refractivity contribution in [2.75, 3.05) is 11.1 Å². The quantitative estimate of drug-likeness (QED) is 0.610. The lowest BCUT2D eigenvalue weighted by atomic mass is 10.1. The molecule has 0 aliphatic heterocycles. The van der Waals surface area contributed by atoms with Crippen molar-refractivity contribution in [1.82, 2.24) is 0 Å². The number of halogens is 6. The molecular formula is C9H6F6N2O. The van der Waals surface area contributed by atoms with Crippen LogP contribution in [0, 0.1) is 0 Å². The van der Waals surface area contributed by atoms with Crippen molar-refractivity contribution < 1.29 is 31.1 Å². The monoisotopic (exact) mass is 272 g/mol. The Morgan fingerprint density at radius 1 is 1.06 bits per heavy atom. The molecule has 0 spiro atoms. The molecule has 0 bridgehead atoms. The van der Waals surface area contributed by atoms with Gasteiger partial charge in [0.1, 0.15) is 0 Å². The predicted octanol–water partition coefficient (Wildman–Crippen LogP) is 2.79. The Kier molecular flexibility index (Phi) is 3.45. The van der Waals surface area contributed by atoms with Crippen LogP contribution in [0.1, 0.15) is 5.56 Å². The number of nitrogens with two attached hydrogens (primary N) is 1. The lowest BCUT2D eigenvalue weighted by Gasteiger charge is -2.12. The summed E-state index contributed by atoms with van der Waals surface area (Å²) in [6.07, 6.45) is -9.96. The molecule has 0 saturated heterocycles. The van der Waals surface area contributed by atoms with E-state index in [-0.39, 0.29) is 0 Å². The van der Waals surface area contributed by atoms with Gasteiger partial charge >= 0.3 is 18.3 Å². The summed E-state index contributed by atoms with van der Waals surface area (Å²) in [6.45, 7) is 0. The molecule has 0 radical (unpaired) electrons. The minimum Gasteiger partial charge on any atom is -0.399 e. The number of hydrogen-bond donors (Lipinski definition) is 2. The minimum absolute atomic E-state index is 0.361. The third-order valence-electron chi connectivity index (χ3n) is 1.80. The van der Waals surface area contributed by atoms with Crippen LogP contribution in [0.4, 0.5) is 37.7 Å². The SMILES string of the molecule is Nc1cc(NC(=O)C(F)(F)F)cc(C(F)(F)F)c1. The average Bonchev–Trinajstić information content (AvgIpc) is 2.13. The predicted molar refractivity (Wildman–Crippen MR) is 50.5 cm³/mol. The first-order valence-corrected chi connectivity index (χ1v) is 4.36. The van der Waals surface area contributed by atoms with E-state index in [2.05, 4.69) is 0 Å². The molecule has 0 aliphatic rings. The van der Waals surface area contributed by atoms with E-state index in [1.54, 1.807) is 0 Å². The van der Waals surface area contributed by atoms with Gasteiger partial charge in [0.2, 0.25) is 0 Å². The Balaban J connectivity index is 3.05. The lowest BCUT2D eigenvalue weighted by molar-refractivity contribution is -0.167. The fourth-order valence-corrected chi connectivity index (χ4v) is 1.09. The summed E-state index contributed by atoms with van der Waals surface area (Å²) < 4.78 is 72.7. The van der Waals surface area contributed by atoms with E-state index >= 15 is 0 Å². The zero-order valence-corrected chi connectivity index (χ0v) is 8.49. The number of carbonyl (C=O) groups excluding carboxylic acids is 1. The fourth-order valence-electron chi connectivity index (χ4n) is 1.09. The number of benzene rings is 1. The maximum absolute atomic E-state index is 12.3. The Hall–Kier alpha value is -1.93. The topological polar surface area (TPSA) is 55.1 Å². The third kappa shape index (κ3) is 3.54. The molecule has 1 aromatic rings. The number of nitrogens with one attached hydrogen (secondary N) is 1. The highest BCUT2D eigenvalue weighted by Crippen LogP contribution is 2.33. The van der Waals surface area contributed by atoms with E-state index in [1.807, 2.05) is 0 Å². The first-order valence-electron chi connectivity index (χ1n) is 4.36. The largest absolute Gasteiger partial charge is 0.471 e. The molecule has 0 unspecified atom stereocenters. The zero-order valence-electron chi connectivity index (χ0n) is 8.49. The van der Waals surface area contributed by atoms with E-state index in [9.17, 15) is 31.1 Å². The van der Waals surface area contributed by atoms with Crippen molar-refractivity contribution in [1.29, 1.82) is 0 Å². The van der Waals surface area contributed by atoms with E-state index in [0.29, 0.717) is 12.1 Å². The van der Waals surface area contributed by atoms with E-state index in [4.69, 9.17) is 5.73 Å². The van der Waals surface area contributed by atoms with E-state index < -0.39 is 35.2 Å². The number of hydrogen-bond acceptors (Lipinski definition) is 2. The second-order valence-electron chi connectivity index (χ2n) is 3.29. The van der Waals surface area contributed by atoms with Gasteiger partial charge in [0.15, 0.2) is 0 Å². The maximum Gasteiger partial charge on any atom is 0.471 e. The second-order valence-corrected chi connectivity index (χ2v) is 3.29. The normalized spacial score (nSPS) is 12.3. The molecule has 9 heteroatoms. The van der Waals surface area contributed by atoms with Crippen molar-refractivity contribution in [3.05, 3.63) is 23.8 Å². The van der Waals surface area contributed by atoms with Crippen LogP contribution in [0.15, 0.2) is 18.2 Å². The molecule has 1 rings (SSSR count). The number of nitrogen functional groups attached to an aromatic ring is 1. The standard InChI is InChI=1S/C9H6F6N2O/c10-8(11,12)4-1-5(16)3-6(2-4)17-7(18)9(13,14)15/h1-3H,16H2,(H,17,18). The highest BCUT2D eigenvalue weighted by molar-refractivity contribution is 5.95. The van der Waals surface area contributed by atoms with Crippen LogP contribution in [0.25, 0.3) is 0 Å². The van der Waals surface area contributed by atoms with Crippen LogP contribution >= 0.6 is 0 Å². The second kappa shape index (κ2) is 4.39. The fraction of sp³-hybridized carbons (Fsp3) is 0.222. The number of alkyl halides is 6. The summed E-state index contributed by atoms with van der Waals surface area (Å²) in [4.78, 5) is 10.5. The van der Waals surface area contributed by atoms with Crippen LogP contribution in [0.5, 0.6) is 0 Å². The molecule has 0 atom stereocenters. The number of rotatable bonds is 1. The Labute approximate surface area is 96.6 Å². The molecule has 0 saturated carbocycles. The first kappa shape index (κ1) is 14.1. The molecule has 100 valence electrons. The Bertz CT molecular complexity index is 465. The molecule has 0 aromatic heterocycles. The van der Waals surface area contributed by atoms with Crippen LogP contribution < -0.4 is 11.1 Å². The highest BCUT2D eigenvalue weighted by Gasteiger charge is 2.39. The molecule has 1 amide bonds. The minimum atomic E-state index is -5.19. The van der Waals surface area contributed by atoms with Gasteiger partial charge in [-0.15, -0.1) is 0 Å². The maximum atomic E-state index is 12.3. The Morgan fingerprint density at radius 2 is 1.61 bits per heavy atom. The summed E-state index contributed by atoms with van der Waals surface area (Å²) >= 11 is 0. The third-order valence-corrected chi connectivity index (χ3v) is 1.80.